The van der Waals surface area contributed by atoms with Crippen LogP contribution in [0, 0.1) is 0 Å². The number of carbonyl (C=O) groups excluding carboxylic acids is 1. The first-order valence-electron chi connectivity index (χ1n) is 5.56. The van der Waals surface area contributed by atoms with Gasteiger partial charge in [0.2, 0.25) is 0 Å². The summed E-state index contributed by atoms with van der Waals surface area (Å²) in [6.07, 6.45) is 3.62. The minimum Gasteiger partial charge on any atom is -0.504 e. The van der Waals surface area contributed by atoms with Gasteiger partial charge in [-0.2, -0.15) is 0 Å². The summed E-state index contributed by atoms with van der Waals surface area (Å²) in [5.74, 6) is -0.424. The van der Waals surface area contributed by atoms with Crippen molar-refractivity contribution in [2.45, 2.75) is 6.92 Å². The van der Waals surface area contributed by atoms with E-state index in [9.17, 15) is 9.90 Å². The molecule has 0 spiro atoms. The fourth-order valence-corrected chi connectivity index (χ4v) is 1.51. The molecule has 0 saturated carbocycles. The van der Waals surface area contributed by atoms with E-state index in [2.05, 4.69) is 5.32 Å². The highest BCUT2D eigenvalue weighted by Gasteiger charge is 2.15. The van der Waals surface area contributed by atoms with Crippen molar-refractivity contribution in [3.05, 3.63) is 29.3 Å². The normalized spacial score (nSPS) is 10.6. The first-order chi connectivity index (χ1) is 8.63. The second kappa shape index (κ2) is 6.66. The number of amides is 1. The molecule has 1 aromatic carbocycles. The van der Waals surface area contributed by atoms with Gasteiger partial charge >= 0.3 is 0 Å². The Morgan fingerprint density at radius 3 is 2.78 bits per heavy atom. The van der Waals surface area contributed by atoms with Crippen molar-refractivity contribution >= 4 is 12.0 Å². The summed E-state index contributed by atoms with van der Waals surface area (Å²) in [7, 11) is 1.42. The zero-order chi connectivity index (χ0) is 13.5. The number of benzene rings is 1. The average molecular weight is 251 g/mol. The number of phenols is 1. The molecule has 0 bridgehead atoms. The van der Waals surface area contributed by atoms with E-state index in [4.69, 9.17) is 9.84 Å². The zero-order valence-electron chi connectivity index (χ0n) is 10.4. The van der Waals surface area contributed by atoms with Crippen molar-refractivity contribution in [1.82, 2.24) is 5.32 Å². The van der Waals surface area contributed by atoms with E-state index in [-0.39, 0.29) is 30.2 Å². The molecule has 1 rings (SSSR count). The number of hydrogen-bond acceptors (Lipinski definition) is 4. The molecule has 0 fully saturated rings. The van der Waals surface area contributed by atoms with Gasteiger partial charge in [0.1, 0.15) is 0 Å². The maximum atomic E-state index is 11.8. The molecule has 3 N–H and O–H groups in total. The standard InChI is InChI=1S/C13H17NO4/c1-3-4-9-7-10(13(17)14-5-6-15)12(16)11(8-9)18-2/h3-4,7-8,15-16H,5-6H2,1-2H3,(H,14,17)/b4-3+. The number of phenolic OH excluding ortho intramolecular Hbond substituents is 1. The largest absolute Gasteiger partial charge is 0.504 e. The highest BCUT2D eigenvalue weighted by atomic mass is 16.5. The molecule has 0 radical (unpaired) electrons. The number of carbonyl (C=O) groups is 1. The predicted molar refractivity (Wildman–Crippen MR) is 68.8 cm³/mol. The van der Waals surface area contributed by atoms with E-state index in [1.807, 2.05) is 13.0 Å². The van der Waals surface area contributed by atoms with Crippen LogP contribution in [0.2, 0.25) is 0 Å². The molecule has 0 aliphatic heterocycles. The summed E-state index contributed by atoms with van der Waals surface area (Å²) >= 11 is 0. The van der Waals surface area contributed by atoms with Crippen LogP contribution >= 0.6 is 0 Å². The van der Waals surface area contributed by atoms with E-state index < -0.39 is 5.91 Å². The van der Waals surface area contributed by atoms with Gasteiger partial charge in [0.15, 0.2) is 11.5 Å². The van der Waals surface area contributed by atoms with Crippen molar-refractivity contribution in [3.63, 3.8) is 0 Å². The van der Waals surface area contributed by atoms with Gasteiger partial charge in [0.25, 0.3) is 5.91 Å². The minimum absolute atomic E-state index is 0.121. The number of aliphatic hydroxyl groups excluding tert-OH is 1. The van der Waals surface area contributed by atoms with Crippen molar-refractivity contribution in [2.75, 3.05) is 20.3 Å². The Hall–Kier alpha value is -2.01. The van der Waals surface area contributed by atoms with Crippen LogP contribution in [0.25, 0.3) is 6.08 Å². The lowest BCUT2D eigenvalue weighted by Gasteiger charge is -2.10. The summed E-state index contributed by atoms with van der Waals surface area (Å²) in [6.45, 7) is 1.83. The van der Waals surface area contributed by atoms with Gasteiger partial charge in [0, 0.05) is 6.54 Å². The lowest BCUT2D eigenvalue weighted by Crippen LogP contribution is -2.26. The van der Waals surface area contributed by atoms with Crippen LogP contribution in [0.15, 0.2) is 18.2 Å². The SMILES string of the molecule is C/C=C/c1cc(OC)c(O)c(C(=O)NCCO)c1. The van der Waals surface area contributed by atoms with Crippen LogP contribution in [0.5, 0.6) is 11.5 Å². The molecule has 5 nitrogen and oxygen atoms in total. The molecule has 1 amide bonds. The molecule has 18 heavy (non-hydrogen) atoms. The minimum atomic E-state index is -0.453. The molecule has 0 aromatic heterocycles. The summed E-state index contributed by atoms with van der Waals surface area (Å²) < 4.78 is 5.01. The fourth-order valence-electron chi connectivity index (χ4n) is 1.51. The van der Waals surface area contributed by atoms with Gasteiger partial charge in [-0.05, 0) is 24.6 Å². The first kappa shape index (κ1) is 14.1. The van der Waals surface area contributed by atoms with Crippen molar-refractivity contribution < 1.29 is 19.7 Å². The number of aromatic hydroxyl groups is 1. The lowest BCUT2D eigenvalue weighted by atomic mass is 10.1. The number of ether oxygens (including phenoxy) is 1. The van der Waals surface area contributed by atoms with Crippen molar-refractivity contribution in [2.24, 2.45) is 0 Å². The molecular formula is C13H17NO4. The smallest absolute Gasteiger partial charge is 0.255 e. The van der Waals surface area contributed by atoms with Crippen LogP contribution in [-0.4, -0.2) is 36.4 Å². The zero-order valence-corrected chi connectivity index (χ0v) is 10.4. The highest BCUT2D eigenvalue weighted by Crippen LogP contribution is 2.31. The Kier molecular flexibility index (Phi) is 5.20. The molecule has 1 aromatic rings. The number of methoxy groups -OCH3 is 1. The molecule has 0 saturated heterocycles. The Morgan fingerprint density at radius 1 is 1.50 bits per heavy atom. The Balaban J connectivity index is 3.15. The van der Waals surface area contributed by atoms with E-state index in [1.54, 1.807) is 18.2 Å². The molecule has 0 unspecified atom stereocenters. The van der Waals surface area contributed by atoms with Crippen LogP contribution < -0.4 is 10.1 Å². The van der Waals surface area contributed by atoms with E-state index in [0.717, 1.165) is 5.56 Å². The second-order valence-corrected chi connectivity index (χ2v) is 3.60. The molecule has 0 aliphatic carbocycles. The van der Waals surface area contributed by atoms with E-state index >= 15 is 0 Å². The third kappa shape index (κ3) is 3.24. The Labute approximate surface area is 106 Å². The van der Waals surface area contributed by atoms with Crippen LogP contribution in [0.3, 0.4) is 0 Å². The monoisotopic (exact) mass is 251 g/mol. The van der Waals surface area contributed by atoms with Crippen LogP contribution in [-0.2, 0) is 0 Å². The van der Waals surface area contributed by atoms with Gasteiger partial charge in [-0.3, -0.25) is 4.79 Å². The molecular weight excluding hydrogens is 234 g/mol. The maximum Gasteiger partial charge on any atom is 0.255 e. The summed E-state index contributed by atoms with van der Waals surface area (Å²) in [5.41, 5.74) is 0.872. The van der Waals surface area contributed by atoms with Gasteiger partial charge in [-0.15, -0.1) is 0 Å². The quantitative estimate of drug-likeness (QED) is 0.733. The second-order valence-electron chi connectivity index (χ2n) is 3.60. The predicted octanol–water partition coefficient (Wildman–Crippen LogP) is 1.16. The van der Waals surface area contributed by atoms with Crippen LogP contribution in [0.1, 0.15) is 22.8 Å². The Morgan fingerprint density at radius 2 is 2.22 bits per heavy atom. The molecule has 0 aliphatic rings. The molecule has 5 heteroatoms. The van der Waals surface area contributed by atoms with Gasteiger partial charge in [-0.1, -0.05) is 12.2 Å². The topological polar surface area (TPSA) is 78.8 Å². The third-order valence-electron chi connectivity index (χ3n) is 2.32. The van der Waals surface area contributed by atoms with Gasteiger partial charge in [-0.25, -0.2) is 0 Å². The maximum absolute atomic E-state index is 11.8. The van der Waals surface area contributed by atoms with Crippen molar-refractivity contribution in [1.29, 1.82) is 0 Å². The van der Waals surface area contributed by atoms with E-state index in [1.165, 1.54) is 7.11 Å². The number of hydrogen-bond donors (Lipinski definition) is 3. The lowest BCUT2D eigenvalue weighted by molar-refractivity contribution is 0.0941. The summed E-state index contributed by atoms with van der Waals surface area (Å²) in [6, 6.07) is 3.20. The molecule has 0 atom stereocenters. The number of nitrogens with one attached hydrogen (secondary N) is 1. The number of aliphatic hydroxyl groups is 1. The first-order valence-corrected chi connectivity index (χ1v) is 5.56. The molecule has 98 valence electrons. The summed E-state index contributed by atoms with van der Waals surface area (Å²) in [5, 5.41) is 21.0. The van der Waals surface area contributed by atoms with Crippen molar-refractivity contribution in [3.8, 4) is 11.5 Å². The number of rotatable bonds is 5. The molecule has 0 heterocycles. The van der Waals surface area contributed by atoms with E-state index in [0.29, 0.717) is 0 Å². The van der Waals surface area contributed by atoms with Gasteiger partial charge < -0.3 is 20.3 Å². The summed E-state index contributed by atoms with van der Waals surface area (Å²) in [4.78, 5) is 11.8. The number of allylic oxidation sites excluding steroid dienone is 1. The van der Waals surface area contributed by atoms with Crippen LogP contribution in [0.4, 0.5) is 0 Å². The van der Waals surface area contributed by atoms with Gasteiger partial charge in [0.05, 0.1) is 19.3 Å². The Bertz CT molecular complexity index is 455. The average Bonchev–Trinajstić information content (AvgIpc) is 2.38. The highest BCUT2D eigenvalue weighted by molar-refractivity contribution is 5.98. The third-order valence-corrected chi connectivity index (χ3v) is 2.32. The fraction of sp³-hybridized carbons (Fsp3) is 0.308.